The SMILES string of the molecule is Cc1c(C(=O)NCc2ccco2)c(C2CC2)nn1C. The van der Waals surface area contributed by atoms with E-state index in [4.69, 9.17) is 4.42 Å². The van der Waals surface area contributed by atoms with Gasteiger partial charge in [-0.3, -0.25) is 9.48 Å². The first-order valence-corrected chi connectivity index (χ1v) is 6.51. The van der Waals surface area contributed by atoms with Crippen LogP contribution in [0.1, 0.15) is 46.3 Å². The zero-order chi connectivity index (χ0) is 13.4. The minimum Gasteiger partial charge on any atom is -0.467 e. The van der Waals surface area contributed by atoms with Gasteiger partial charge in [0.15, 0.2) is 0 Å². The Morgan fingerprint density at radius 2 is 2.37 bits per heavy atom. The zero-order valence-corrected chi connectivity index (χ0v) is 11.1. The number of carbonyl (C=O) groups is 1. The van der Waals surface area contributed by atoms with E-state index in [1.54, 1.807) is 10.9 Å². The summed E-state index contributed by atoms with van der Waals surface area (Å²) in [4.78, 5) is 12.3. The summed E-state index contributed by atoms with van der Waals surface area (Å²) in [6.45, 7) is 2.34. The fourth-order valence-corrected chi connectivity index (χ4v) is 2.23. The summed E-state index contributed by atoms with van der Waals surface area (Å²) in [5.74, 6) is 1.15. The molecule has 0 saturated heterocycles. The third-order valence-electron chi connectivity index (χ3n) is 3.56. The Kier molecular flexibility index (Phi) is 2.89. The van der Waals surface area contributed by atoms with Crippen LogP contribution in [0.4, 0.5) is 0 Å². The summed E-state index contributed by atoms with van der Waals surface area (Å²) in [6.07, 6.45) is 3.87. The van der Waals surface area contributed by atoms with Crippen molar-refractivity contribution in [3.8, 4) is 0 Å². The number of rotatable bonds is 4. The lowest BCUT2D eigenvalue weighted by Crippen LogP contribution is -2.24. The van der Waals surface area contributed by atoms with Gasteiger partial charge in [-0.25, -0.2) is 0 Å². The highest BCUT2D eigenvalue weighted by Gasteiger charge is 2.32. The fourth-order valence-electron chi connectivity index (χ4n) is 2.23. The topological polar surface area (TPSA) is 60.1 Å². The molecule has 1 N–H and O–H groups in total. The Morgan fingerprint density at radius 1 is 1.58 bits per heavy atom. The Morgan fingerprint density at radius 3 is 3.00 bits per heavy atom. The molecular weight excluding hydrogens is 242 g/mol. The van der Waals surface area contributed by atoms with Crippen LogP contribution in [0.2, 0.25) is 0 Å². The summed E-state index contributed by atoms with van der Waals surface area (Å²) >= 11 is 0. The lowest BCUT2D eigenvalue weighted by atomic mass is 10.1. The lowest BCUT2D eigenvalue weighted by Gasteiger charge is -2.04. The molecule has 5 heteroatoms. The lowest BCUT2D eigenvalue weighted by molar-refractivity contribution is 0.0946. The van der Waals surface area contributed by atoms with Gasteiger partial charge in [0.05, 0.1) is 24.1 Å². The van der Waals surface area contributed by atoms with Gasteiger partial charge < -0.3 is 9.73 Å². The van der Waals surface area contributed by atoms with Crippen molar-refractivity contribution in [1.29, 1.82) is 0 Å². The smallest absolute Gasteiger partial charge is 0.255 e. The van der Waals surface area contributed by atoms with Crippen molar-refractivity contribution in [2.45, 2.75) is 32.2 Å². The maximum Gasteiger partial charge on any atom is 0.255 e. The van der Waals surface area contributed by atoms with Gasteiger partial charge in [-0.15, -0.1) is 0 Å². The molecule has 2 aromatic heterocycles. The first-order valence-electron chi connectivity index (χ1n) is 6.51. The second kappa shape index (κ2) is 4.57. The quantitative estimate of drug-likeness (QED) is 0.915. The Labute approximate surface area is 111 Å². The molecule has 100 valence electrons. The number of hydrogen-bond donors (Lipinski definition) is 1. The number of furan rings is 1. The van der Waals surface area contributed by atoms with E-state index in [2.05, 4.69) is 10.4 Å². The molecule has 0 atom stereocenters. The van der Waals surface area contributed by atoms with E-state index in [0.717, 1.165) is 35.6 Å². The molecule has 0 aliphatic heterocycles. The molecule has 1 aliphatic carbocycles. The van der Waals surface area contributed by atoms with Crippen LogP contribution in [-0.4, -0.2) is 15.7 Å². The molecule has 0 aromatic carbocycles. The normalized spacial score (nSPS) is 14.6. The predicted molar refractivity (Wildman–Crippen MR) is 69.8 cm³/mol. The van der Waals surface area contributed by atoms with Gasteiger partial charge in [0, 0.05) is 18.7 Å². The standard InChI is InChI=1S/C14H17N3O2/c1-9-12(13(10-5-6-10)16-17(9)2)14(18)15-8-11-4-3-7-19-11/h3-4,7,10H,5-6,8H2,1-2H3,(H,15,18). The molecular formula is C14H17N3O2. The van der Waals surface area contributed by atoms with Crippen molar-refractivity contribution in [3.05, 3.63) is 41.1 Å². The average molecular weight is 259 g/mol. The van der Waals surface area contributed by atoms with Crippen molar-refractivity contribution >= 4 is 5.91 Å². The van der Waals surface area contributed by atoms with E-state index in [1.807, 2.05) is 26.1 Å². The van der Waals surface area contributed by atoms with Gasteiger partial charge in [0.1, 0.15) is 5.76 Å². The highest BCUT2D eigenvalue weighted by atomic mass is 16.3. The van der Waals surface area contributed by atoms with Gasteiger partial charge >= 0.3 is 0 Å². The molecule has 0 bridgehead atoms. The monoisotopic (exact) mass is 259 g/mol. The Bertz CT molecular complexity index is 594. The van der Waals surface area contributed by atoms with Gasteiger partial charge in [-0.05, 0) is 31.9 Å². The van der Waals surface area contributed by atoms with Crippen LogP contribution in [-0.2, 0) is 13.6 Å². The summed E-state index contributed by atoms with van der Waals surface area (Å²) in [7, 11) is 1.88. The maximum absolute atomic E-state index is 12.3. The minimum atomic E-state index is -0.0658. The number of carbonyl (C=O) groups excluding carboxylic acids is 1. The third kappa shape index (κ3) is 2.28. The summed E-state index contributed by atoms with van der Waals surface area (Å²) < 4.78 is 7.00. The number of aryl methyl sites for hydroxylation is 1. The second-order valence-electron chi connectivity index (χ2n) is 5.01. The molecule has 3 rings (SSSR count). The van der Waals surface area contributed by atoms with Crippen LogP contribution >= 0.6 is 0 Å². The molecule has 1 fully saturated rings. The minimum absolute atomic E-state index is 0.0658. The number of aromatic nitrogens is 2. The third-order valence-corrected chi connectivity index (χ3v) is 3.56. The number of hydrogen-bond acceptors (Lipinski definition) is 3. The molecule has 0 unspecified atom stereocenters. The van der Waals surface area contributed by atoms with Crippen molar-refractivity contribution in [3.63, 3.8) is 0 Å². The zero-order valence-electron chi connectivity index (χ0n) is 11.1. The molecule has 1 amide bonds. The van der Waals surface area contributed by atoms with Crippen LogP contribution < -0.4 is 5.32 Å². The first kappa shape index (κ1) is 12.0. The molecule has 5 nitrogen and oxygen atoms in total. The number of nitrogens with one attached hydrogen (secondary N) is 1. The van der Waals surface area contributed by atoms with Crippen LogP contribution in [0.15, 0.2) is 22.8 Å². The summed E-state index contributed by atoms with van der Waals surface area (Å²) in [5, 5.41) is 7.36. The van der Waals surface area contributed by atoms with Crippen LogP contribution in [0.3, 0.4) is 0 Å². The molecule has 1 aliphatic rings. The summed E-state index contributed by atoms with van der Waals surface area (Å²) in [5.41, 5.74) is 2.59. The fraction of sp³-hybridized carbons (Fsp3) is 0.429. The average Bonchev–Trinajstić information content (AvgIpc) is 3.02. The highest BCUT2D eigenvalue weighted by Crippen LogP contribution is 2.41. The Balaban J connectivity index is 1.79. The van der Waals surface area contributed by atoms with E-state index in [-0.39, 0.29) is 5.91 Å². The number of amides is 1. The Hall–Kier alpha value is -2.04. The molecule has 2 aromatic rings. The summed E-state index contributed by atoms with van der Waals surface area (Å²) in [6, 6.07) is 3.66. The van der Waals surface area contributed by atoms with E-state index >= 15 is 0 Å². The molecule has 19 heavy (non-hydrogen) atoms. The van der Waals surface area contributed by atoms with Crippen molar-refractivity contribution in [1.82, 2.24) is 15.1 Å². The molecule has 1 saturated carbocycles. The van der Waals surface area contributed by atoms with Crippen LogP contribution in [0, 0.1) is 6.92 Å². The first-order chi connectivity index (χ1) is 9.16. The maximum atomic E-state index is 12.3. The van der Waals surface area contributed by atoms with Gasteiger partial charge in [-0.1, -0.05) is 0 Å². The van der Waals surface area contributed by atoms with Crippen LogP contribution in [0.5, 0.6) is 0 Å². The number of nitrogens with zero attached hydrogens (tertiary/aromatic N) is 2. The van der Waals surface area contributed by atoms with Crippen molar-refractivity contribution in [2.75, 3.05) is 0 Å². The highest BCUT2D eigenvalue weighted by molar-refractivity contribution is 5.96. The van der Waals surface area contributed by atoms with Gasteiger partial charge in [0.2, 0.25) is 0 Å². The van der Waals surface area contributed by atoms with E-state index < -0.39 is 0 Å². The second-order valence-corrected chi connectivity index (χ2v) is 5.01. The van der Waals surface area contributed by atoms with Crippen molar-refractivity contribution < 1.29 is 9.21 Å². The van der Waals surface area contributed by atoms with Crippen LogP contribution in [0.25, 0.3) is 0 Å². The van der Waals surface area contributed by atoms with E-state index in [0.29, 0.717) is 12.5 Å². The molecule has 0 radical (unpaired) electrons. The predicted octanol–water partition coefficient (Wildman–Crippen LogP) is 2.13. The molecule has 2 heterocycles. The molecule has 0 spiro atoms. The largest absolute Gasteiger partial charge is 0.467 e. The van der Waals surface area contributed by atoms with Crippen molar-refractivity contribution in [2.24, 2.45) is 7.05 Å². The van der Waals surface area contributed by atoms with E-state index in [1.165, 1.54) is 0 Å². The van der Waals surface area contributed by atoms with Gasteiger partial charge in [0.25, 0.3) is 5.91 Å². The van der Waals surface area contributed by atoms with E-state index in [9.17, 15) is 4.79 Å². The van der Waals surface area contributed by atoms with Gasteiger partial charge in [-0.2, -0.15) is 5.10 Å².